The lowest BCUT2D eigenvalue weighted by Crippen LogP contribution is -2.18. The maximum Gasteiger partial charge on any atom is 0.325 e. The quantitative estimate of drug-likeness (QED) is 0.412. The molecule has 0 saturated heterocycles. The predicted octanol–water partition coefficient (Wildman–Crippen LogP) is 4.98. The summed E-state index contributed by atoms with van der Waals surface area (Å²) < 4.78 is 5.93. The molecular formula is C24H24N4O3. The molecule has 0 aliphatic carbocycles. The number of fused-ring (bicyclic) bond motifs is 1. The second-order valence-electron chi connectivity index (χ2n) is 8.01. The van der Waals surface area contributed by atoms with E-state index in [4.69, 9.17) is 4.74 Å². The van der Waals surface area contributed by atoms with E-state index in [1.807, 2.05) is 12.1 Å². The van der Waals surface area contributed by atoms with Crippen molar-refractivity contribution in [3.8, 4) is 11.5 Å². The molecule has 0 bridgehead atoms. The van der Waals surface area contributed by atoms with Crippen LogP contribution in [0.25, 0.3) is 11.2 Å². The molecule has 7 heteroatoms. The van der Waals surface area contributed by atoms with Crippen LogP contribution in [0.4, 0.5) is 5.69 Å². The van der Waals surface area contributed by atoms with Gasteiger partial charge in [-0.3, -0.25) is 9.78 Å². The highest BCUT2D eigenvalue weighted by molar-refractivity contribution is 6.04. The molecule has 0 aliphatic heterocycles. The monoisotopic (exact) mass is 416 g/mol. The molecule has 2 heterocycles. The number of benzene rings is 2. The summed E-state index contributed by atoms with van der Waals surface area (Å²) in [5.74, 6) is 0.793. The number of amides is 1. The summed E-state index contributed by atoms with van der Waals surface area (Å²) in [6.07, 6.45) is 2.53. The summed E-state index contributed by atoms with van der Waals surface area (Å²) in [6, 6.07) is 16.5. The number of ether oxygens (including phenoxy) is 1. The van der Waals surface area contributed by atoms with E-state index in [9.17, 15) is 9.59 Å². The van der Waals surface area contributed by atoms with Crippen molar-refractivity contribution in [2.45, 2.75) is 32.6 Å². The van der Waals surface area contributed by atoms with Crippen LogP contribution in [0.3, 0.4) is 0 Å². The van der Waals surface area contributed by atoms with E-state index in [0.29, 0.717) is 33.9 Å². The van der Waals surface area contributed by atoms with E-state index in [1.165, 1.54) is 0 Å². The Bertz CT molecular complexity index is 1300. The molecule has 7 nitrogen and oxygen atoms in total. The first kappa shape index (κ1) is 20.4. The summed E-state index contributed by atoms with van der Waals surface area (Å²) in [5, 5.41) is 2.93. The Labute approximate surface area is 179 Å². The van der Waals surface area contributed by atoms with E-state index in [0.717, 1.165) is 12.0 Å². The minimum Gasteiger partial charge on any atom is -0.455 e. The summed E-state index contributed by atoms with van der Waals surface area (Å²) >= 11 is 0. The maximum atomic E-state index is 12.8. The highest BCUT2D eigenvalue weighted by atomic mass is 16.5. The molecule has 1 amide bonds. The lowest BCUT2D eigenvalue weighted by Gasteiger charge is -2.23. The second kappa shape index (κ2) is 8.10. The molecule has 158 valence electrons. The van der Waals surface area contributed by atoms with E-state index in [1.54, 1.807) is 42.6 Å². The third-order valence-electron chi connectivity index (χ3n) is 5.49. The molecule has 0 fully saturated rings. The zero-order valence-electron chi connectivity index (χ0n) is 17.7. The van der Waals surface area contributed by atoms with Crippen LogP contribution in [0.1, 0.15) is 43.1 Å². The highest BCUT2D eigenvalue weighted by Crippen LogP contribution is 2.29. The normalized spacial score (nSPS) is 11.5. The first-order chi connectivity index (χ1) is 14.9. The van der Waals surface area contributed by atoms with Crippen molar-refractivity contribution in [1.29, 1.82) is 0 Å². The Morgan fingerprint density at radius 1 is 1.10 bits per heavy atom. The number of carbonyl (C=O) groups excluding carboxylic acids is 1. The molecule has 0 aliphatic rings. The fraction of sp³-hybridized carbons (Fsp3) is 0.208. The summed E-state index contributed by atoms with van der Waals surface area (Å²) in [6.45, 7) is 6.47. The summed E-state index contributed by atoms with van der Waals surface area (Å²) in [4.78, 5) is 33.8. The average Bonchev–Trinajstić information content (AvgIpc) is 3.15. The third-order valence-corrected chi connectivity index (χ3v) is 5.49. The van der Waals surface area contributed by atoms with Crippen LogP contribution in [-0.2, 0) is 5.41 Å². The van der Waals surface area contributed by atoms with Crippen molar-refractivity contribution in [2.75, 3.05) is 5.32 Å². The number of H-pyrrole nitrogens is 2. The van der Waals surface area contributed by atoms with E-state index < -0.39 is 0 Å². The molecule has 2 aromatic heterocycles. The molecule has 0 spiro atoms. The zero-order valence-corrected chi connectivity index (χ0v) is 17.7. The number of nitrogens with zero attached hydrogens (tertiary/aromatic N) is 1. The Balaban J connectivity index is 1.54. The molecule has 0 atom stereocenters. The number of carbonyl (C=O) groups is 1. The molecule has 0 unspecified atom stereocenters. The van der Waals surface area contributed by atoms with Crippen LogP contribution in [0, 0.1) is 0 Å². The van der Waals surface area contributed by atoms with Crippen LogP contribution < -0.4 is 15.7 Å². The minimum absolute atomic E-state index is 0.000871. The molecular weight excluding hydrogens is 392 g/mol. The van der Waals surface area contributed by atoms with E-state index in [-0.39, 0.29) is 17.0 Å². The van der Waals surface area contributed by atoms with Gasteiger partial charge in [0.2, 0.25) is 0 Å². The van der Waals surface area contributed by atoms with E-state index in [2.05, 4.69) is 47.1 Å². The van der Waals surface area contributed by atoms with Gasteiger partial charge in [-0.25, -0.2) is 9.78 Å². The van der Waals surface area contributed by atoms with Crippen LogP contribution in [0.2, 0.25) is 0 Å². The van der Waals surface area contributed by atoms with Crippen molar-refractivity contribution in [1.82, 2.24) is 15.0 Å². The van der Waals surface area contributed by atoms with Crippen molar-refractivity contribution in [2.24, 2.45) is 0 Å². The van der Waals surface area contributed by atoms with E-state index >= 15 is 0 Å². The number of anilines is 1. The van der Waals surface area contributed by atoms with Gasteiger partial charge in [0.25, 0.3) is 5.91 Å². The largest absolute Gasteiger partial charge is 0.455 e. The van der Waals surface area contributed by atoms with Crippen LogP contribution in [0.15, 0.2) is 65.6 Å². The first-order valence-electron chi connectivity index (χ1n) is 10.1. The number of pyridine rings is 1. The Kier molecular flexibility index (Phi) is 5.33. The van der Waals surface area contributed by atoms with Gasteiger partial charge in [0, 0.05) is 29.6 Å². The van der Waals surface area contributed by atoms with Crippen LogP contribution >= 0.6 is 0 Å². The molecule has 3 N–H and O–H groups in total. The number of imidazole rings is 1. The zero-order chi connectivity index (χ0) is 22.0. The minimum atomic E-state index is -0.354. The smallest absolute Gasteiger partial charge is 0.325 e. The number of hydrogen-bond donors (Lipinski definition) is 3. The standard InChI is InChI=1S/C24H24N4O3/c1-4-24(2,3)16-8-5-7-15(13-16)22(29)26-17-9-6-10-18(14-17)31-19-11-12-25-21-20(19)27-23(30)28-21/h5-14H,4H2,1-3H3,(H,26,29)(H2,25,27,28,30). The molecule has 0 saturated carbocycles. The first-order valence-corrected chi connectivity index (χ1v) is 10.1. The molecule has 4 aromatic rings. The number of aromatic nitrogens is 3. The number of rotatable bonds is 6. The van der Waals surface area contributed by atoms with Crippen molar-refractivity contribution in [3.05, 3.63) is 82.4 Å². The number of aromatic amines is 2. The van der Waals surface area contributed by atoms with Gasteiger partial charge >= 0.3 is 5.69 Å². The molecule has 2 aromatic carbocycles. The fourth-order valence-corrected chi connectivity index (χ4v) is 3.25. The second-order valence-corrected chi connectivity index (χ2v) is 8.01. The van der Waals surface area contributed by atoms with Crippen LogP contribution in [-0.4, -0.2) is 20.9 Å². The SMILES string of the molecule is CCC(C)(C)c1cccc(C(=O)Nc2cccc(Oc3ccnc4[nH]c(=O)[nH]c34)c2)c1. The third kappa shape index (κ3) is 4.35. The Hall–Kier alpha value is -3.87. The number of nitrogens with one attached hydrogen (secondary N) is 3. The topological polar surface area (TPSA) is 99.9 Å². The highest BCUT2D eigenvalue weighted by Gasteiger charge is 2.19. The summed E-state index contributed by atoms with van der Waals surface area (Å²) in [7, 11) is 0. The van der Waals surface area contributed by atoms with Crippen molar-refractivity contribution in [3.63, 3.8) is 0 Å². The Morgan fingerprint density at radius 2 is 1.90 bits per heavy atom. The van der Waals surface area contributed by atoms with Crippen LogP contribution in [0.5, 0.6) is 11.5 Å². The van der Waals surface area contributed by atoms with Gasteiger partial charge < -0.3 is 15.0 Å². The van der Waals surface area contributed by atoms with Gasteiger partial charge in [0.05, 0.1) is 0 Å². The maximum absolute atomic E-state index is 12.8. The van der Waals surface area contributed by atoms with Crippen molar-refractivity contribution < 1.29 is 9.53 Å². The van der Waals surface area contributed by atoms with Gasteiger partial charge in [-0.05, 0) is 41.7 Å². The van der Waals surface area contributed by atoms with Gasteiger partial charge in [-0.15, -0.1) is 0 Å². The van der Waals surface area contributed by atoms with Gasteiger partial charge in [-0.2, -0.15) is 0 Å². The number of hydrogen-bond acceptors (Lipinski definition) is 4. The molecule has 31 heavy (non-hydrogen) atoms. The van der Waals surface area contributed by atoms with Gasteiger partial charge in [-0.1, -0.05) is 39.0 Å². The van der Waals surface area contributed by atoms with Gasteiger partial charge in [0.1, 0.15) is 11.3 Å². The van der Waals surface area contributed by atoms with Gasteiger partial charge in [0.15, 0.2) is 11.4 Å². The molecule has 4 rings (SSSR count). The lowest BCUT2D eigenvalue weighted by atomic mass is 9.81. The Morgan fingerprint density at radius 3 is 2.71 bits per heavy atom. The lowest BCUT2D eigenvalue weighted by molar-refractivity contribution is 0.102. The fourth-order valence-electron chi connectivity index (χ4n) is 3.25. The van der Waals surface area contributed by atoms with Crippen molar-refractivity contribution >= 4 is 22.8 Å². The molecule has 0 radical (unpaired) electrons. The average molecular weight is 416 g/mol. The predicted molar refractivity (Wildman–Crippen MR) is 121 cm³/mol. The summed E-state index contributed by atoms with van der Waals surface area (Å²) in [5.41, 5.74) is 2.88.